The molecule has 1 N–H and O–H groups in total. The Balaban J connectivity index is 1.93. The fraction of sp³-hybridized carbons (Fsp3) is 0.389. The standard InChI is InChI=1S/C18H22N4O2/c1-4-5-10-24-15-8-6-14(7-9-15)17-16(13(3)23)12(2)21-18-19-11-20-22(17)18/h6-9,11,17H,4-5,10H2,1-3H3,(H,19,20,21)/t17-/m1/s1. The molecule has 24 heavy (non-hydrogen) atoms. The first kappa shape index (κ1) is 16.2. The highest BCUT2D eigenvalue weighted by Gasteiger charge is 2.31. The van der Waals surface area contributed by atoms with E-state index in [1.54, 1.807) is 11.6 Å². The Kier molecular flexibility index (Phi) is 4.64. The number of ether oxygens (including phenoxy) is 1. The quantitative estimate of drug-likeness (QED) is 0.825. The van der Waals surface area contributed by atoms with Gasteiger partial charge in [0, 0.05) is 11.3 Å². The van der Waals surface area contributed by atoms with Gasteiger partial charge in [-0.2, -0.15) is 10.1 Å². The summed E-state index contributed by atoms with van der Waals surface area (Å²) in [7, 11) is 0. The van der Waals surface area contributed by atoms with E-state index in [1.165, 1.54) is 6.33 Å². The van der Waals surface area contributed by atoms with Crippen LogP contribution in [0.3, 0.4) is 0 Å². The number of rotatable bonds is 6. The van der Waals surface area contributed by atoms with Crippen LogP contribution in [0.2, 0.25) is 0 Å². The lowest BCUT2D eigenvalue weighted by atomic mass is 9.93. The van der Waals surface area contributed by atoms with E-state index in [4.69, 9.17) is 4.74 Å². The molecule has 0 radical (unpaired) electrons. The van der Waals surface area contributed by atoms with Crippen LogP contribution in [0.15, 0.2) is 41.9 Å². The van der Waals surface area contributed by atoms with Gasteiger partial charge in [-0.05, 0) is 38.0 Å². The third-order valence-corrected chi connectivity index (χ3v) is 4.14. The van der Waals surface area contributed by atoms with Crippen molar-refractivity contribution in [3.8, 4) is 5.75 Å². The van der Waals surface area contributed by atoms with E-state index in [9.17, 15) is 4.79 Å². The number of Topliss-reactive ketones (excluding diaryl/α,β-unsaturated/α-hetero) is 1. The van der Waals surface area contributed by atoms with Crippen molar-refractivity contribution in [3.05, 3.63) is 47.4 Å². The van der Waals surface area contributed by atoms with Crippen molar-refractivity contribution in [2.75, 3.05) is 11.9 Å². The van der Waals surface area contributed by atoms with E-state index in [-0.39, 0.29) is 11.8 Å². The van der Waals surface area contributed by atoms with Gasteiger partial charge in [-0.3, -0.25) is 4.79 Å². The molecule has 6 nitrogen and oxygen atoms in total. The van der Waals surface area contributed by atoms with E-state index < -0.39 is 0 Å². The summed E-state index contributed by atoms with van der Waals surface area (Å²) in [6.45, 7) is 6.33. The summed E-state index contributed by atoms with van der Waals surface area (Å²) in [5, 5.41) is 7.43. The number of fused-ring (bicyclic) bond motifs is 1. The number of nitrogens with zero attached hydrogens (tertiary/aromatic N) is 3. The number of aromatic nitrogens is 3. The van der Waals surface area contributed by atoms with Crippen molar-refractivity contribution < 1.29 is 9.53 Å². The molecule has 0 bridgehead atoms. The maximum atomic E-state index is 12.2. The summed E-state index contributed by atoms with van der Waals surface area (Å²) in [6, 6.07) is 7.58. The fourth-order valence-corrected chi connectivity index (χ4v) is 2.94. The summed E-state index contributed by atoms with van der Waals surface area (Å²) >= 11 is 0. The van der Waals surface area contributed by atoms with Crippen molar-refractivity contribution >= 4 is 11.7 Å². The third kappa shape index (κ3) is 3.04. The molecule has 126 valence electrons. The van der Waals surface area contributed by atoms with Gasteiger partial charge in [-0.15, -0.1) is 0 Å². The molecule has 1 aliphatic rings. The number of anilines is 1. The van der Waals surface area contributed by atoms with Crippen molar-refractivity contribution in [2.24, 2.45) is 0 Å². The average molecular weight is 326 g/mol. The molecule has 1 aliphatic heterocycles. The maximum Gasteiger partial charge on any atom is 0.226 e. The number of ketones is 1. The number of hydrogen-bond donors (Lipinski definition) is 1. The number of carbonyl (C=O) groups is 1. The Labute approximate surface area is 141 Å². The van der Waals surface area contributed by atoms with Crippen molar-refractivity contribution in [2.45, 2.75) is 39.7 Å². The minimum absolute atomic E-state index is 0.0226. The SMILES string of the molecule is CCCCOc1ccc([C@@H]2C(C(C)=O)=C(C)Nc3ncnn32)cc1. The van der Waals surface area contributed by atoms with Crippen molar-refractivity contribution in [1.29, 1.82) is 0 Å². The predicted octanol–water partition coefficient (Wildman–Crippen LogP) is 3.33. The molecule has 0 spiro atoms. The Morgan fingerprint density at radius 1 is 1.33 bits per heavy atom. The number of hydrogen-bond acceptors (Lipinski definition) is 5. The Bertz CT molecular complexity index is 762. The number of allylic oxidation sites excluding steroid dienone is 2. The number of unbranched alkanes of at least 4 members (excludes halogenated alkanes) is 1. The van der Waals surface area contributed by atoms with Gasteiger partial charge in [0.15, 0.2) is 5.78 Å². The highest BCUT2D eigenvalue weighted by Crippen LogP contribution is 2.35. The molecule has 0 saturated heterocycles. The summed E-state index contributed by atoms with van der Waals surface area (Å²) in [5.74, 6) is 1.50. The lowest BCUT2D eigenvalue weighted by Gasteiger charge is -2.28. The summed E-state index contributed by atoms with van der Waals surface area (Å²) in [6.07, 6.45) is 3.64. The molecular formula is C18H22N4O2. The molecular weight excluding hydrogens is 304 g/mol. The van der Waals surface area contributed by atoms with Gasteiger partial charge in [0.05, 0.1) is 6.61 Å². The minimum Gasteiger partial charge on any atom is -0.494 e. The Hall–Kier alpha value is -2.63. The molecule has 2 aromatic rings. The molecule has 0 unspecified atom stereocenters. The molecule has 1 aromatic carbocycles. The average Bonchev–Trinajstić information content (AvgIpc) is 3.02. The zero-order valence-corrected chi connectivity index (χ0v) is 14.2. The van der Waals surface area contributed by atoms with Crippen LogP contribution in [0.4, 0.5) is 5.95 Å². The first-order valence-electron chi connectivity index (χ1n) is 8.22. The predicted molar refractivity (Wildman–Crippen MR) is 92.0 cm³/mol. The maximum absolute atomic E-state index is 12.2. The second-order valence-electron chi connectivity index (χ2n) is 5.92. The van der Waals surface area contributed by atoms with E-state index in [2.05, 4.69) is 22.3 Å². The third-order valence-electron chi connectivity index (χ3n) is 4.14. The van der Waals surface area contributed by atoms with Gasteiger partial charge in [0.2, 0.25) is 5.95 Å². The lowest BCUT2D eigenvalue weighted by Crippen LogP contribution is -2.27. The monoisotopic (exact) mass is 326 g/mol. The van der Waals surface area contributed by atoms with Gasteiger partial charge >= 0.3 is 0 Å². The molecule has 0 fully saturated rings. The van der Waals surface area contributed by atoms with Crippen LogP contribution in [0.1, 0.15) is 45.2 Å². The number of nitrogens with one attached hydrogen (secondary N) is 1. The first-order chi connectivity index (χ1) is 11.6. The molecule has 1 atom stereocenters. The van der Waals surface area contributed by atoms with Crippen LogP contribution in [0.5, 0.6) is 5.75 Å². The Morgan fingerprint density at radius 2 is 2.08 bits per heavy atom. The van der Waals surface area contributed by atoms with Crippen LogP contribution < -0.4 is 10.1 Å². The minimum atomic E-state index is -0.272. The van der Waals surface area contributed by atoms with Crippen LogP contribution in [-0.4, -0.2) is 27.2 Å². The van der Waals surface area contributed by atoms with Gasteiger partial charge in [-0.25, -0.2) is 4.68 Å². The lowest BCUT2D eigenvalue weighted by molar-refractivity contribution is -0.114. The normalized spacial score (nSPS) is 16.5. The Morgan fingerprint density at radius 3 is 2.75 bits per heavy atom. The van der Waals surface area contributed by atoms with Crippen LogP contribution >= 0.6 is 0 Å². The van der Waals surface area contributed by atoms with Crippen LogP contribution in [0.25, 0.3) is 0 Å². The molecule has 0 aliphatic carbocycles. The van der Waals surface area contributed by atoms with Crippen molar-refractivity contribution in [3.63, 3.8) is 0 Å². The summed E-state index contributed by atoms with van der Waals surface area (Å²) in [5.41, 5.74) is 2.50. The molecule has 6 heteroatoms. The second-order valence-corrected chi connectivity index (χ2v) is 5.92. The van der Waals surface area contributed by atoms with Crippen molar-refractivity contribution in [1.82, 2.24) is 14.8 Å². The van der Waals surface area contributed by atoms with E-state index in [0.29, 0.717) is 18.1 Å². The van der Waals surface area contributed by atoms with Gasteiger partial charge in [0.1, 0.15) is 18.1 Å². The highest BCUT2D eigenvalue weighted by atomic mass is 16.5. The second kappa shape index (κ2) is 6.86. The van der Waals surface area contributed by atoms with Crippen LogP contribution in [-0.2, 0) is 4.79 Å². The molecule has 0 amide bonds. The summed E-state index contributed by atoms with van der Waals surface area (Å²) < 4.78 is 7.46. The first-order valence-corrected chi connectivity index (χ1v) is 8.22. The van der Waals surface area contributed by atoms with Gasteiger partial charge < -0.3 is 10.1 Å². The van der Waals surface area contributed by atoms with E-state index in [0.717, 1.165) is 29.9 Å². The number of carbonyl (C=O) groups excluding carboxylic acids is 1. The van der Waals surface area contributed by atoms with Gasteiger partial charge in [-0.1, -0.05) is 25.5 Å². The van der Waals surface area contributed by atoms with E-state index >= 15 is 0 Å². The highest BCUT2D eigenvalue weighted by molar-refractivity contribution is 5.96. The zero-order valence-electron chi connectivity index (χ0n) is 14.2. The molecule has 2 heterocycles. The largest absolute Gasteiger partial charge is 0.494 e. The smallest absolute Gasteiger partial charge is 0.226 e. The topological polar surface area (TPSA) is 69.0 Å². The van der Waals surface area contributed by atoms with Crippen LogP contribution in [0, 0.1) is 0 Å². The van der Waals surface area contributed by atoms with Gasteiger partial charge in [0.25, 0.3) is 0 Å². The molecule has 3 rings (SSSR count). The number of benzene rings is 1. The zero-order chi connectivity index (χ0) is 17.1. The van der Waals surface area contributed by atoms with E-state index in [1.807, 2.05) is 31.2 Å². The fourth-order valence-electron chi connectivity index (χ4n) is 2.94. The molecule has 0 saturated carbocycles. The molecule has 1 aromatic heterocycles. The summed E-state index contributed by atoms with van der Waals surface area (Å²) in [4.78, 5) is 16.4.